The summed E-state index contributed by atoms with van der Waals surface area (Å²) in [7, 11) is -3.98. The number of aromatic nitrogens is 2. The normalized spacial score (nSPS) is 17.4. The van der Waals surface area contributed by atoms with E-state index in [-0.39, 0.29) is 31.3 Å². The summed E-state index contributed by atoms with van der Waals surface area (Å²) in [4.78, 5) is 39.9. The standard InChI is InChI=1S/C23H39N7O6S/c1-3-5-9-26-37(34,35)28-19(23(33)36-4-2)16-25-21(31)18-15-20-22(32)29(13-14-30(20)27-18)12-8-17-6-10-24-11-7-17/h15,17,19,24,26,28H,3-14,16H2,1-2H3,(H,25,31)/t19-/m0/s1. The Morgan fingerprint density at radius 3 is 2.70 bits per heavy atom. The van der Waals surface area contributed by atoms with E-state index in [9.17, 15) is 22.8 Å². The number of ether oxygens (including phenoxy) is 1. The smallest absolute Gasteiger partial charge is 0.326 e. The van der Waals surface area contributed by atoms with Crippen LogP contribution in [0.3, 0.4) is 0 Å². The van der Waals surface area contributed by atoms with Gasteiger partial charge in [0, 0.05) is 32.2 Å². The number of rotatable bonds is 14. The molecule has 2 aliphatic heterocycles. The van der Waals surface area contributed by atoms with Gasteiger partial charge in [-0.05, 0) is 51.6 Å². The summed E-state index contributed by atoms with van der Waals surface area (Å²) in [6.07, 6.45) is 4.62. The predicted octanol–water partition coefficient (Wildman–Crippen LogP) is -0.386. The van der Waals surface area contributed by atoms with Crippen molar-refractivity contribution in [3.05, 3.63) is 17.5 Å². The van der Waals surface area contributed by atoms with Gasteiger partial charge < -0.3 is 20.3 Å². The van der Waals surface area contributed by atoms with Gasteiger partial charge >= 0.3 is 5.97 Å². The number of carbonyl (C=O) groups excluding carboxylic acids is 3. The predicted molar refractivity (Wildman–Crippen MR) is 136 cm³/mol. The third kappa shape index (κ3) is 8.48. The van der Waals surface area contributed by atoms with Crippen LogP contribution in [0, 0.1) is 5.92 Å². The van der Waals surface area contributed by atoms with Crippen molar-refractivity contribution in [1.29, 1.82) is 0 Å². The number of nitrogens with one attached hydrogen (secondary N) is 4. The van der Waals surface area contributed by atoms with E-state index < -0.39 is 28.1 Å². The molecule has 0 spiro atoms. The Bertz CT molecular complexity index is 1040. The lowest BCUT2D eigenvalue weighted by atomic mass is 9.94. The summed E-state index contributed by atoms with van der Waals surface area (Å²) in [5.74, 6) is -0.994. The highest BCUT2D eigenvalue weighted by Crippen LogP contribution is 2.19. The molecule has 14 heteroatoms. The minimum Gasteiger partial charge on any atom is -0.465 e. The van der Waals surface area contributed by atoms with Crippen molar-refractivity contribution in [2.75, 3.05) is 45.9 Å². The maximum absolute atomic E-state index is 13.0. The van der Waals surface area contributed by atoms with E-state index in [1.807, 2.05) is 6.92 Å². The van der Waals surface area contributed by atoms with Crippen LogP contribution in [0.1, 0.15) is 66.9 Å². The number of hydrogen-bond donors (Lipinski definition) is 4. The number of piperidine rings is 1. The molecule has 1 atom stereocenters. The zero-order chi connectivity index (χ0) is 26.8. The minimum atomic E-state index is -3.98. The molecular formula is C23H39N7O6S. The van der Waals surface area contributed by atoms with Crippen molar-refractivity contribution in [3.8, 4) is 0 Å². The third-order valence-corrected chi connectivity index (χ3v) is 7.70. The second kappa shape index (κ2) is 13.8. The van der Waals surface area contributed by atoms with Crippen molar-refractivity contribution in [2.24, 2.45) is 5.92 Å². The minimum absolute atomic E-state index is 0.0232. The van der Waals surface area contributed by atoms with Crippen LogP contribution >= 0.6 is 0 Å². The zero-order valence-corrected chi connectivity index (χ0v) is 22.4. The van der Waals surface area contributed by atoms with Gasteiger partial charge in [-0.3, -0.25) is 19.1 Å². The lowest BCUT2D eigenvalue weighted by molar-refractivity contribution is -0.144. The molecule has 3 heterocycles. The van der Waals surface area contributed by atoms with Crippen molar-refractivity contribution in [1.82, 2.24) is 34.8 Å². The highest BCUT2D eigenvalue weighted by atomic mass is 32.2. The highest BCUT2D eigenvalue weighted by Gasteiger charge is 2.30. The molecule has 1 aromatic rings. The van der Waals surface area contributed by atoms with Crippen LogP contribution in [0.2, 0.25) is 0 Å². The van der Waals surface area contributed by atoms with E-state index in [1.54, 1.807) is 11.8 Å². The summed E-state index contributed by atoms with van der Waals surface area (Å²) in [6, 6.07) is 0.108. The molecule has 13 nitrogen and oxygen atoms in total. The highest BCUT2D eigenvalue weighted by molar-refractivity contribution is 7.87. The summed E-state index contributed by atoms with van der Waals surface area (Å²) >= 11 is 0. The maximum Gasteiger partial charge on any atom is 0.326 e. The first-order chi connectivity index (χ1) is 17.7. The van der Waals surface area contributed by atoms with Crippen LogP contribution in [-0.2, 0) is 26.3 Å². The Morgan fingerprint density at radius 1 is 1.24 bits per heavy atom. The third-order valence-electron chi connectivity index (χ3n) is 6.52. The molecule has 1 aromatic heterocycles. The molecule has 0 saturated carbocycles. The second-order valence-electron chi connectivity index (χ2n) is 9.30. The van der Waals surface area contributed by atoms with Gasteiger partial charge in [-0.25, -0.2) is 4.72 Å². The molecule has 0 unspecified atom stereocenters. The molecule has 3 rings (SSSR count). The van der Waals surface area contributed by atoms with Gasteiger partial charge in [-0.15, -0.1) is 0 Å². The van der Waals surface area contributed by atoms with Gasteiger partial charge in [0.15, 0.2) is 5.69 Å². The number of unbranched alkanes of at least 4 members (excludes halogenated alkanes) is 1. The fourth-order valence-electron chi connectivity index (χ4n) is 4.39. The van der Waals surface area contributed by atoms with Crippen molar-refractivity contribution in [3.63, 3.8) is 0 Å². The number of hydrogen-bond acceptors (Lipinski definition) is 8. The van der Waals surface area contributed by atoms with Crippen LogP contribution in [0.25, 0.3) is 0 Å². The first-order valence-electron chi connectivity index (χ1n) is 13.0. The van der Waals surface area contributed by atoms with E-state index >= 15 is 0 Å². The monoisotopic (exact) mass is 541 g/mol. The molecule has 2 aliphatic rings. The quantitative estimate of drug-likeness (QED) is 0.183. The Hall–Kier alpha value is -2.55. The molecule has 0 bridgehead atoms. The molecule has 1 saturated heterocycles. The lowest BCUT2D eigenvalue weighted by Gasteiger charge is -2.30. The van der Waals surface area contributed by atoms with Gasteiger partial charge in [0.25, 0.3) is 22.0 Å². The van der Waals surface area contributed by atoms with Gasteiger partial charge in [-0.2, -0.15) is 18.2 Å². The summed E-state index contributed by atoms with van der Waals surface area (Å²) in [6.45, 7) is 7.16. The maximum atomic E-state index is 13.0. The van der Waals surface area contributed by atoms with Crippen molar-refractivity contribution in [2.45, 2.75) is 58.5 Å². The fraction of sp³-hybridized carbons (Fsp3) is 0.739. The first-order valence-corrected chi connectivity index (χ1v) is 14.5. The number of nitrogens with zero attached hydrogens (tertiary/aromatic N) is 3. The average molecular weight is 542 g/mol. The summed E-state index contributed by atoms with van der Waals surface area (Å²) in [5.41, 5.74) is 0.361. The van der Waals surface area contributed by atoms with Gasteiger partial charge in [0.05, 0.1) is 13.2 Å². The zero-order valence-electron chi connectivity index (χ0n) is 21.6. The fourth-order valence-corrected chi connectivity index (χ4v) is 5.44. The lowest BCUT2D eigenvalue weighted by Crippen LogP contribution is -2.52. The largest absolute Gasteiger partial charge is 0.465 e. The Labute approximate surface area is 218 Å². The van der Waals surface area contributed by atoms with E-state index in [4.69, 9.17) is 4.74 Å². The van der Waals surface area contributed by atoms with Crippen molar-refractivity contribution < 1.29 is 27.5 Å². The van der Waals surface area contributed by atoms with Crippen LogP contribution in [-0.4, -0.2) is 92.8 Å². The van der Waals surface area contributed by atoms with E-state index in [2.05, 4.69) is 25.2 Å². The van der Waals surface area contributed by atoms with Crippen LogP contribution in [0.4, 0.5) is 0 Å². The van der Waals surface area contributed by atoms with Crippen LogP contribution in [0.5, 0.6) is 0 Å². The molecule has 37 heavy (non-hydrogen) atoms. The number of esters is 1. The Morgan fingerprint density at radius 2 is 2.00 bits per heavy atom. The first kappa shape index (κ1) is 29.0. The number of carbonyl (C=O) groups is 3. The topological polar surface area (TPSA) is 164 Å². The average Bonchev–Trinajstić information content (AvgIpc) is 3.32. The molecule has 0 aliphatic carbocycles. The second-order valence-corrected chi connectivity index (χ2v) is 10.8. The van der Waals surface area contributed by atoms with Crippen LogP contribution in [0.15, 0.2) is 6.07 Å². The summed E-state index contributed by atoms with van der Waals surface area (Å²) in [5, 5.41) is 10.1. The summed E-state index contributed by atoms with van der Waals surface area (Å²) < 4.78 is 35.6. The molecular weight excluding hydrogens is 502 g/mol. The molecule has 0 radical (unpaired) electrons. The van der Waals surface area contributed by atoms with Crippen molar-refractivity contribution >= 4 is 28.0 Å². The van der Waals surface area contributed by atoms with E-state index in [0.717, 1.165) is 38.8 Å². The molecule has 4 N–H and O–H groups in total. The molecule has 0 aromatic carbocycles. The Balaban J connectivity index is 1.58. The number of fused-ring (bicyclic) bond motifs is 1. The van der Waals surface area contributed by atoms with E-state index in [1.165, 1.54) is 10.7 Å². The van der Waals surface area contributed by atoms with Gasteiger partial charge in [-0.1, -0.05) is 13.3 Å². The molecule has 2 amide bonds. The van der Waals surface area contributed by atoms with Gasteiger partial charge in [0.1, 0.15) is 11.7 Å². The molecule has 1 fully saturated rings. The van der Waals surface area contributed by atoms with Crippen LogP contribution < -0.4 is 20.1 Å². The van der Waals surface area contributed by atoms with Gasteiger partial charge in [0.2, 0.25) is 0 Å². The van der Waals surface area contributed by atoms with E-state index in [0.29, 0.717) is 37.7 Å². The molecule has 208 valence electrons. The Kier molecular flexibility index (Phi) is 10.9. The number of amides is 2. The SMILES string of the molecule is CCCCNS(=O)(=O)N[C@@H](CNC(=O)c1cc2n(n1)CCN(CCC1CCNCC1)C2=O)C(=O)OCC.